The molecule has 0 aromatic carbocycles. The zero-order chi connectivity index (χ0) is 13.7. The quantitative estimate of drug-likeness (QED) is 0.649. The largest absolute Gasteiger partial charge is 0.379 e. The van der Waals surface area contributed by atoms with Crippen LogP contribution in [0.5, 0.6) is 0 Å². The van der Waals surface area contributed by atoms with Crippen molar-refractivity contribution in [3.05, 3.63) is 18.0 Å². The first-order valence-electron chi connectivity index (χ1n) is 6.02. The minimum atomic E-state index is -0.179. The van der Waals surface area contributed by atoms with Gasteiger partial charge in [-0.25, -0.2) is 9.97 Å². The van der Waals surface area contributed by atoms with Crippen LogP contribution in [-0.4, -0.2) is 54.6 Å². The van der Waals surface area contributed by atoms with Gasteiger partial charge in [0.15, 0.2) is 5.16 Å². The number of carbonyl (C=O) groups is 1. The number of methoxy groups -OCH3 is 1. The number of nitrogens with one attached hydrogen (secondary N) is 1. The fraction of sp³-hybridized carbons (Fsp3) is 0.583. The molecular weight excluding hydrogens is 266 g/mol. The molecule has 1 aliphatic rings. The van der Waals surface area contributed by atoms with E-state index in [9.17, 15) is 4.79 Å². The van der Waals surface area contributed by atoms with Crippen LogP contribution < -0.4 is 5.32 Å². The Balaban J connectivity index is 1.98. The van der Waals surface area contributed by atoms with Crippen molar-refractivity contribution in [2.45, 2.75) is 23.7 Å². The SMILES string of the molecule is CO[C@H]1COCC[C@@H]1NC(=O)c1cnc(SC)nc1. The summed E-state index contributed by atoms with van der Waals surface area (Å²) in [5.41, 5.74) is 0.458. The average molecular weight is 283 g/mol. The molecule has 1 aromatic rings. The lowest BCUT2D eigenvalue weighted by atomic mass is 10.1. The average Bonchev–Trinajstić information content (AvgIpc) is 2.48. The van der Waals surface area contributed by atoms with Crippen LogP contribution in [0, 0.1) is 0 Å². The molecule has 1 fully saturated rings. The van der Waals surface area contributed by atoms with Gasteiger partial charge in [-0.2, -0.15) is 0 Å². The molecule has 0 saturated carbocycles. The molecule has 0 unspecified atom stereocenters. The van der Waals surface area contributed by atoms with Gasteiger partial charge in [-0.1, -0.05) is 11.8 Å². The van der Waals surface area contributed by atoms with Crippen molar-refractivity contribution in [2.24, 2.45) is 0 Å². The molecule has 1 saturated heterocycles. The van der Waals surface area contributed by atoms with Gasteiger partial charge in [-0.05, 0) is 12.7 Å². The Bertz CT molecular complexity index is 427. The van der Waals surface area contributed by atoms with Crippen LogP contribution in [0.3, 0.4) is 0 Å². The third-order valence-corrected chi connectivity index (χ3v) is 3.57. The van der Waals surface area contributed by atoms with E-state index in [0.717, 1.165) is 6.42 Å². The van der Waals surface area contributed by atoms with Gasteiger partial charge in [0, 0.05) is 26.1 Å². The Morgan fingerprint density at radius 1 is 1.53 bits per heavy atom. The third kappa shape index (κ3) is 3.65. The molecule has 0 aliphatic carbocycles. The molecule has 2 atom stereocenters. The maximum Gasteiger partial charge on any atom is 0.254 e. The molecule has 19 heavy (non-hydrogen) atoms. The van der Waals surface area contributed by atoms with Crippen LogP contribution in [0.2, 0.25) is 0 Å². The summed E-state index contributed by atoms with van der Waals surface area (Å²) >= 11 is 1.44. The molecule has 2 heterocycles. The van der Waals surface area contributed by atoms with Crippen LogP contribution in [-0.2, 0) is 9.47 Å². The van der Waals surface area contributed by atoms with Crippen molar-refractivity contribution in [1.29, 1.82) is 0 Å². The highest BCUT2D eigenvalue weighted by Crippen LogP contribution is 2.12. The molecule has 104 valence electrons. The van der Waals surface area contributed by atoms with Gasteiger partial charge in [-0.15, -0.1) is 0 Å². The molecule has 1 amide bonds. The molecule has 1 aliphatic heterocycles. The highest BCUT2D eigenvalue weighted by atomic mass is 32.2. The lowest BCUT2D eigenvalue weighted by Gasteiger charge is -2.30. The second-order valence-electron chi connectivity index (χ2n) is 4.18. The number of aromatic nitrogens is 2. The van der Waals surface area contributed by atoms with E-state index < -0.39 is 0 Å². The second-order valence-corrected chi connectivity index (χ2v) is 4.95. The van der Waals surface area contributed by atoms with Gasteiger partial charge in [0.05, 0.1) is 18.2 Å². The lowest BCUT2D eigenvalue weighted by Crippen LogP contribution is -2.49. The molecule has 1 aromatic heterocycles. The standard InChI is InChI=1S/C12H17N3O3S/c1-17-10-7-18-4-3-9(10)15-11(16)8-5-13-12(19-2)14-6-8/h5-6,9-10H,3-4,7H2,1-2H3,(H,15,16)/t9-,10-/m0/s1. The summed E-state index contributed by atoms with van der Waals surface area (Å²) < 4.78 is 10.6. The number of thioether (sulfide) groups is 1. The maximum absolute atomic E-state index is 12.1. The number of carbonyl (C=O) groups excluding carboxylic acids is 1. The monoisotopic (exact) mass is 283 g/mol. The fourth-order valence-corrected chi connectivity index (χ4v) is 2.22. The van der Waals surface area contributed by atoms with Crippen molar-refractivity contribution in [3.8, 4) is 0 Å². The highest BCUT2D eigenvalue weighted by molar-refractivity contribution is 7.98. The highest BCUT2D eigenvalue weighted by Gasteiger charge is 2.27. The topological polar surface area (TPSA) is 73.3 Å². The zero-order valence-corrected chi connectivity index (χ0v) is 11.8. The predicted molar refractivity (Wildman–Crippen MR) is 71.3 cm³/mol. The summed E-state index contributed by atoms with van der Waals surface area (Å²) in [4.78, 5) is 20.3. The molecule has 0 radical (unpaired) electrons. The van der Waals surface area contributed by atoms with Crippen LogP contribution in [0.1, 0.15) is 16.8 Å². The van der Waals surface area contributed by atoms with Gasteiger partial charge in [0.1, 0.15) is 6.10 Å². The number of nitrogens with zero attached hydrogens (tertiary/aromatic N) is 2. The molecule has 6 nitrogen and oxygen atoms in total. The predicted octanol–water partition coefficient (Wildman–Crippen LogP) is 0.732. The second kappa shape index (κ2) is 6.83. The molecule has 7 heteroatoms. The van der Waals surface area contributed by atoms with Crippen LogP contribution in [0.15, 0.2) is 17.6 Å². The van der Waals surface area contributed by atoms with Crippen molar-refractivity contribution in [1.82, 2.24) is 15.3 Å². The van der Waals surface area contributed by atoms with Gasteiger partial charge in [-0.3, -0.25) is 4.79 Å². The Kier molecular flexibility index (Phi) is 5.12. The summed E-state index contributed by atoms with van der Waals surface area (Å²) in [6.07, 6.45) is 5.60. The van der Waals surface area contributed by atoms with E-state index in [4.69, 9.17) is 9.47 Å². The normalized spacial score (nSPS) is 23.1. The van der Waals surface area contributed by atoms with E-state index >= 15 is 0 Å². The number of rotatable bonds is 4. The minimum absolute atomic E-state index is 0.0357. The van der Waals surface area contributed by atoms with Gasteiger partial charge < -0.3 is 14.8 Å². The lowest BCUT2D eigenvalue weighted by molar-refractivity contribution is -0.0479. The number of ether oxygens (including phenoxy) is 2. The number of hydrogen-bond acceptors (Lipinski definition) is 6. The van der Waals surface area contributed by atoms with E-state index in [2.05, 4.69) is 15.3 Å². The van der Waals surface area contributed by atoms with E-state index in [1.807, 2.05) is 6.26 Å². The summed E-state index contributed by atoms with van der Waals surface area (Å²) in [5, 5.41) is 3.59. The van der Waals surface area contributed by atoms with Crippen molar-refractivity contribution < 1.29 is 14.3 Å². The summed E-state index contributed by atoms with van der Waals surface area (Å²) in [5.74, 6) is -0.179. The summed E-state index contributed by atoms with van der Waals surface area (Å²) in [7, 11) is 1.62. The minimum Gasteiger partial charge on any atom is -0.379 e. The van der Waals surface area contributed by atoms with Gasteiger partial charge >= 0.3 is 0 Å². The van der Waals surface area contributed by atoms with Crippen molar-refractivity contribution in [2.75, 3.05) is 26.6 Å². The smallest absolute Gasteiger partial charge is 0.254 e. The zero-order valence-electron chi connectivity index (χ0n) is 11.0. The maximum atomic E-state index is 12.1. The first kappa shape index (κ1) is 14.2. The van der Waals surface area contributed by atoms with Crippen LogP contribution in [0.25, 0.3) is 0 Å². The van der Waals surface area contributed by atoms with Crippen molar-refractivity contribution >= 4 is 17.7 Å². The molecular formula is C12H17N3O3S. The fourth-order valence-electron chi connectivity index (χ4n) is 1.90. The molecule has 0 spiro atoms. The van der Waals surface area contributed by atoms with E-state index in [1.165, 1.54) is 24.2 Å². The molecule has 0 bridgehead atoms. The Morgan fingerprint density at radius 3 is 2.89 bits per heavy atom. The molecule has 2 rings (SSSR count). The Labute approximate surface area is 116 Å². The number of hydrogen-bond donors (Lipinski definition) is 1. The summed E-state index contributed by atoms with van der Waals surface area (Å²) in [6, 6.07) is -0.0357. The first-order valence-corrected chi connectivity index (χ1v) is 7.24. The first-order chi connectivity index (χ1) is 9.24. The Morgan fingerprint density at radius 2 is 2.26 bits per heavy atom. The van der Waals surface area contributed by atoms with E-state index in [-0.39, 0.29) is 18.1 Å². The summed E-state index contributed by atoms with van der Waals surface area (Å²) in [6.45, 7) is 1.13. The van der Waals surface area contributed by atoms with Gasteiger partial charge in [0.25, 0.3) is 5.91 Å². The third-order valence-electron chi connectivity index (χ3n) is 3.00. The van der Waals surface area contributed by atoms with E-state index in [0.29, 0.717) is 23.9 Å². The van der Waals surface area contributed by atoms with Crippen LogP contribution >= 0.6 is 11.8 Å². The Hall–Kier alpha value is -1.18. The van der Waals surface area contributed by atoms with Crippen LogP contribution in [0.4, 0.5) is 0 Å². The van der Waals surface area contributed by atoms with Crippen molar-refractivity contribution in [3.63, 3.8) is 0 Å². The number of amides is 1. The van der Waals surface area contributed by atoms with E-state index in [1.54, 1.807) is 7.11 Å². The van der Waals surface area contributed by atoms with Gasteiger partial charge in [0.2, 0.25) is 0 Å². The molecule has 1 N–H and O–H groups in total.